The van der Waals surface area contributed by atoms with E-state index in [9.17, 15) is 0 Å². The third kappa shape index (κ3) is 3.18. The van der Waals surface area contributed by atoms with Crippen molar-refractivity contribution in [3.63, 3.8) is 0 Å². The zero-order chi connectivity index (χ0) is 8.10. The van der Waals surface area contributed by atoms with Crippen molar-refractivity contribution in [3.8, 4) is 0 Å². The fourth-order valence-corrected chi connectivity index (χ4v) is 1.55. The molecule has 0 saturated carbocycles. The Bertz CT molecular complexity index is 106. The van der Waals surface area contributed by atoms with Crippen molar-refractivity contribution >= 4 is 0 Å². The highest BCUT2D eigenvalue weighted by Gasteiger charge is 2.14. The van der Waals surface area contributed by atoms with Crippen molar-refractivity contribution in [2.75, 3.05) is 33.2 Å². The number of hydrogen-bond donors (Lipinski definition) is 2. The highest BCUT2D eigenvalue weighted by molar-refractivity contribution is 4.76. The maximum Gasteiger partial charge on any atom is 0.0195 e. The normalized spacial score (nSPS) is 27.3. The number of rotatable bonds is 3. The Hall–Kier alpha value is -0.120. The molecule has 0 amide bonds. The maximum atomic E-state index is 5.44. The molecule has 0 aromatic heterocycles. The minimum absolute atomic E-state index is 0.678. The number of nitrogens with one attached hydrogen (secondary N) is 1. The van der Waals surface area contributed by atoms with Crippen LogP contribution in [-0.4, -0.2) is 44.2 Å². The minimum Gasteiger partial charge on any atom is -0.330 e. The van der Waals surface area contributed by atoms with Gasteiger partial charge in [-0.05, 0) is 26.4 Å². The molecule has 1 aliphatic rings. The lowest BCUT2D eigenvalue weighted by molar-refractivity contribution is 0.230. The molecule has 0 aromatic rings. The summed E-state index contributed by atoms with van der Waals surface area (Å²) in [4.78, 5) is 2.37. The molecule has 0 aromatic carbocycles. The first-order valence-electron chi connectivity index (χ1n) is 4.45. The average molecular weight is 157 g/mol. The topological polar surface area (TPSA) is 41.3 Å². The molecule has 1 heterocycles. The highest BCUT2D eigenvalue weighted by atomic mass is 15.2. The third-order valence-corrected chi connectivity index (χ3v) is 2.22. The molecule has 3 N–H and O–H groups in total. The summed E-state index contributed by atoms with van der Waals surface area (Å²) in [6.07, 6.45) is 2.37. The summed E-state index contributed by atoms with van der Waals surface area (Å²) < 4.78 is 0. The van der Waals surface area contributed by atoms with Gasteiger partial charge in [0.25, 0.3) is 0 Å². The van der Waals surface area contributed by atoms with Gasteiger partial charge in [-0.25, -0.2) is 0 Å². The van der Waals surface area contributed by atoms with Gasteiger partial charge in [-0.3, -0.25) is 0 Å². The second-order valence-corrected chi connectivity index (χ2v) is 3.34. The van der Waals surface area contributed by atoms with Crippen LogP contribution in [0, 0.1) is 0 Å². The Balaban J connectivity index is 2.12. The molecule has 0 radical (unpaired) electrons. The highest BCUT2D eigenvalue weighted by Crippen LogP contribution is 2.01. The Morgan fingerprint density at radius 2 is 2.45 bits per heavy atom. The van der Waals surface area contributed by atoms with Gasteiger partial charge in [-0.1, -0.05) is 0 Å². The van der Waals surface area contributed by atoms with Crippen LogP contribution in [0.1, 0.15) is 12.8 Å². The van der Waals surface area contributed by atoms with Crippen LogP contribution in [0.25, 0.3) is 0 Å². The predicted molar refractivity (Wildman–Crippen MR) is 47.6 cm³/mol. The van der Waals surface area contributed by atoms with Gasteiger partial charge in [-0.2, -0.15) is 0 Å². The summed E-state index contributed by atoms with van der Waals surface area (Å²) in [5.41, 5.74) is 5.44. The van der Waals surface area contributed by atoms with Crippen LogP contribution in [0.2, 0.25) is 0 Å². The van der Waals surface area contributed by atoms with E-state index < -0.39 is 0 Å². The summed E-state index contributed by atoms with van der Waals surface area (Å²) in [7, 11) is 2.18. The van der Waals surface area contributed by atoms with Crippen LogP contribution in [0.3, 0.4) is 0 Å². The van der Waals surface area contributed by atoms with E-state index in [1.165, 1.54) is 19.5 Å². The molecule has 11 heavy (non-hydrogen) atoms. The van der Waals surface area contributed by atoms with Gasteiger partial charge in [0.15, 0.2) is 0 Å². The monoisotopic (exact) mass is 157 g/mol. The molecule has 3 nitrogen and oxygen atoms in total. The van der Waals surface area contributed by atoms with Crippen molar-refractivity contribution in [2.45, 2.75) is 18.9 Å². The zero-order valence-electron chi connectivity index (χ0n) is 7.34. The molecule has 66 valence electrons. The largest absolute Gasteiger partial charge is 0.330 e. The molecule has 1 atom stereocenters. The standard InChI is InChI=1S/C8H19N3/c1-11-6-5-10-8(7-11)3-2-4-9/h8,10H,2-7,9H2,1H3. The molecule has 1 aliphatic heterocycles. The van der Waals surface area contributed by atoms with Crippen molar-refractivity contribution < 1.29 is 0 Å². The first kappa shape index (κ1) is 8.97. The van der Waals surface area contributed by atoms with E-state index in [2.05, 4.69) is 17.3 Å². The van der Waals surface area contributed by atoms with Crippen molar-refractivity contribution in [3.05, 3.63) is 0 Å². The van der Waals surface area contributed by atoms with E-state index in [4.69, 9.17) is 5.73 Å². The van der Waals surface area contributed by atoms with Gasteiger partial charge in [-0.15, -0.1) is 0 Å². The molecular formula is C8H19N3. The fraction of sp³-hybridized carbons (Fsp3) is 1.00. The van der Waals surface area contributed by atoms with E-state index in [1.54, 1.807) is 0 Å². The smallest absolute Gasteiger partial charge is 0.0195 e. The molecule has 0 bridgehead atoms. The lowest BCUT2D eigenvalue weighted by Crippen LogP contribution is -2.49. The summed E-state index contributed by atoms with van der Waals surface area (Å²) >= 11 is 0. The van der Waals surface area contributed by atoms with Crippen LogP contribution < -0.4 is 11.1 Å². The molecule has 1 saturated heterocycles. The lowest BCUT2D eigenvalue weighted by atomic mass is 10.1. The average Bonchev–Trinajstić information content (AvgIpc) is 2.01. The Morgan fingerprint density at radius 1 is 1.64 bits per heavy atom. The van der Waals surface area contributed by atoms with Crippen molar-refractivity contribution in [1.82, 2.24) is 10.2 Å². The predicted octanol–water partition coefficient (Wildman–Crippen LogP) is -0.371. The summed E-state index contributed by atoms with van der Waals surface area (Å²) in [6.45, 7) is 4.31. The van der Waals surface area contributed by atoms with Gasteiger partial charge < -0.3 is 16.0 Å². The Kier molecular flexibility index (Phi) is 3.83. The van der Waals surface area contributed by atoms with Crippen LogP contribution in [-0.2, 0) is 0 Å². The maximum absolute atomic E-state index is 5.44. The van der Waals surface area contributed by atoms with Gasteiger partial charge >= 0.3 is 0 Å². The minimum atomic E-state index is 0.678. The van der Waals surface area contributed by atoms with Gasteiger partial charge in [0.1, 0.15) is 0 Å². The number of likely N-dealkylation sites (N-methyl/N-ethyl adjacent to an activating group) is 1. The van der Waals surface area contributed by atoms with Crippen LogP contribution in [0.4, 0.5) is 0 Å². The van der Waals surface area contributed by atoms with E-state index in [-0.39, 0.29) is 0 Å². The van der Waals surface area contributed by atoms with Crippen LogP contribution in [0.15, 0.2) is 0 Å². The molecular weight excluding hydrogens is 138 g/mol. The molecule has 3 heteroatoms. The number of piperazine rings is 1. The van der Waals surface area contributed by atoms with Crippen LogP contribution >= 0.6 is 0 Å². The number of nitrogens with zero attached hydrogens (tertiary/aromatic N) is 1. The van der Waals surface area contributed by atoms with Gasteiger partial charge in [0.05, 0.1) is 0 Å². The molecule has 0 spiro atoms. The fourth-order valence-electron chi connectivity index (χ4n) is 1.55. The first-order chi connectivity index (χ1) is 5.33. The van der Waals surface area contributed by atoms with Crippen LogP contribution in [0.5, 0.6) is 0 Å². The zero-order valence-corrected chi connectivity index (χ0v) is 7.34. The lowest BCUT2D eigenvalue weighted by Gasteiger charge is -2.30. The van der Waals surface area contributed by atoms with E-state index in [0.717, 1.165) is 19.5 Å². The number of nitrogens with two attached hydrogens (primary N) is 1. The summed E-state index contributed by atoms with van der Waals surface area (Å²) in [5.74, 6) is 0. The first-order valence-corrected chi connectivity index (χ1v) is 4.45. The Morgan fingerprint density at radius 3 is 3.09 bits per heavy atom. The SMILES string of the molecule is CN1CCNC(CCCN)C1. The van der Waals surface area contributed by atoms with E-state index >= 15 is 0 Å². The molecule has 1 unspecified atom stereocenters. The van der Waals surface area contributed by atoms with Gasteiger partial charge in [0.2, 0.25) is 0 Å². The quantitative estimate of drug-likeness (QED) is 0.587. The summed E-state index contributed by atoms with van der Waals surface area (Å²) in [5, 5.41) is 3.49. The second-order valence-electron chi connectivity index (χ2n) is 3.34. The van der Waals surface area contributed by atoms with E-state index in [0.29, 0.717) is 6.04 Å². The second kappa shape index (κ2) is 4.70. The third-order valence-electron chi connectivity index (χ3n) is 2.22. The van der Waals surface area contributed by atoms with E-state index in [1.807, 2.05) is 0 Å². The van der Waals surface area contributed by atoms with Crippen molar-refractivity contribution in [2.24, 2.45) is 5.73 Å². The number of hydrogen-bond acceptors (Lipinski definition) is 3. The molecule has 1 fully saturated rings. The van der Waals surface area contributed by atoms with Gasteiger partial charge in [0, 0.05) is 25.7 Å². The summed E-state index contributed by atoms with van der Waals surface area (Å²) in [6, 6.07) is 0.678. The molecule has 0 aliphatic carbocycles. The van der Waals surface area contributed by atoms with Crippen molar-refractivity contribution in [1.29, 1.82) is 0 Å². The molecule has 1 rings (SSSR count). The Labute approximate surface area is 68.9 Å².